The second-order valence-corrected chi connectivity index (χ2v) is 5.19. The maximum Gasteiger partial charge on any atom is 0.236 e. The van der Waals surface area contributed by atoms with Crippen LogP contribution in [0.15, 0.2) is 18.3 Å². The van der Waals surface area contributed by atoms with Gasteiger partial charge >= 0.3 is 0 Å². The number of hydrogen-bond acceptors (Lipinski definition) is 5. The highest BCUT2D eigenvalue weighted by atomic mass is 32.2. The van der Waals surface area contributed by atoms with Gasteiger partial charge in [-0.15, -0.1) is 0 Å². The van der Waals surface area contributed by atoms with Crippen LogP contribution < -0.4 is 10.5 Å². The third-order valence-corrected chi connectivity index (χ3v) is 3.14. The number of nitrogens with zero attached hydrogens (tertiary/aromatic N) is 1. The zero-order valence-electron chi connectivity index (χ0n) is 10.0. The average molecular weight is 269 g/mol. The van der Waals surface area contributed by atoms with E-state index in [2.05, 4.69) is 21.5 Å². The van der Waals surface area contributed by atoms with Crippen molar-refractivity contribution in [2.75, 3.05) is 30.7 Å². The van der Waals surface area contributed by atoms with Crippen molar-refractivity contribution in [3.63, 3.8) is 0 Å². The Bertz CT molecular complexity index is 546. The van der Waals surface area contributed by atoms with E-state index >= 15 is 0 Å². The molecule has 0 bridgehead atoms. The van der Waals surface area contributed by atoms with Gasteiger partial charge in [0.1, 0.15) is 5.82 Å². The van der Waals surface area contributed by atoms with Crippen molar-refractivity contribution in [2.24, 2.45) is 5.73 Å². The Kier molecular flexibility index (Phi) is 5.58. The SMILES string of the molecule is COCCS(=O)(=O)Nc1cc(C#CCN)ccn1. The molecule has 1 aromatic rings. The van der Waals surface area contributed by atoms with Gasteiger partial charge in [-0.05, 0) is 12.1 Å². The largest absolute Gasteiger partial charge is 0.384 e. The molecule has 0 aliphatic carbocycles. The number of ether oxygens (including phenoxy) is 1. The zero-order chi connectivity index (χ0) is 13.4. The zero-order valence-corrected chi connectivity index (χ0v) is 10.8. The summed E-state index contributed by atoms with van der Waals surface area (Å²) in [5, 5.41) is 0. The van der Waals surface area contributed by atoms with Crippen molar-refractivity contribution in [1.29, 1.82) is 0 Å². The van der Waals surface area contributed by atoms with Crippen LogP contribution in [0.2, 0.25) is 0 Å². The first-order valence-electron chi connectivity index (χ1n) is 5.22. The lowest BCUT2D eigenvalue weighted by Crippen LogP contribution is -2.20. The molecule has 0 saturated carbocycles. The van der Waals surface area contributed by atoms with Crippen molar-refractivity contribution in [2.45, 2.75) is 0 Å². The molecule has 1 heterocycles. The van der Waals surface area contributed by atoms with E-state index in [1.807, 2.05) is 0 Å². The molecule has 98 valence electrons. The number of nitrogens with one attached hydrogen (secondary N) is 1. The van der Waals surface area contributed by atoms with Gasteiger partial charge in [0.2, 0.25) is 10.0 Å². The number of hydrogen-bond donors (Lipinski definition) is 2. The van der Waals surface area contributed by atoms with Crippen LogP contribution in [-0.4, -0.2) is 39.4 Å². The Morgan fingerprint density at radius 2 is 2.33 bits per heavy atom. The molecule has 0 aliphatic rings. The van der Waals surface area contributed by atoms with Crippen molar-refractivity contribution in [1.82, 2.24) is 4.98 Å². The van der Waals surface area contributed by atoms with Gasteiger partial charge in [0.25, 0.3) is 0 Å². The minimum Gasteiger partial charge on any atom is -0.384 e. The number of pyridine rings is 1. The van der Waals surface area contributed by atoms with Crippen LogP contribution >= 0.6 is 0 Å². The van der Waals surface area contributed by atoms with E-state index in [-0.39, 0.29) is 24.7 Å². The van der Waals surface area contributed by atoms with Gasteiger partial charge in [0, 0.05) is 18.9 Å². The lowest BCUT2D eigenvalue weighted by Gasteiger charge is -2.06. The molecule has 0 aliphatic heterocycles. The van der Waals surface area contributed by atoms with E-state index in [0.717, 1.165) is 0 Å². The Morgan fingerprint density at radius 1 is 1.56 bits per heavy atom. The molecule has 7 heteroatoms. The highest BCUT2D eigenvalue weighted by Crippen LogP contribution is 2.07. The molecule has 6 nitrogen and oxygen atoms in total. The van der Waals surface area contributed by atoms with Crippen molar-refractivity contribution in [3.8, 4) is 11.8 Å². The van der Waals surface area contributed by atoms with Crippen molar-refractivity contribution in [3.05, 3.63) is 23.9 Å². The molecule has 0 amide bonds. The molecule has 18 heavy (non-hydrogen) atoms. The molecular formula is C11H15N3O3S. The predicted octanol–water partition coefficient (Wildman–Crippen LogP) is -0.220. The second kappa shape index (κ2) is 6.96. The van der Waals surface area contributed by atoms with Crippen LogP contribution in [0.5, 0.6) is 0 Å². The first-order chi connectivity index (χ1) is 8.57. The van der Waals surface area contributed by atoms with Gasteiger partial charge in [0.05, 0.1) is 18.9 Å². The lowest BCUT2D eigenvalue weighted by molar-refractivity contribution is 0.217. The number of methoxy groups -OCH3 is 1. The van der Waals surface area contributed by atoms with E-state index < -0.39 is 10.0 Å². The van der Waals surface area contributed by atoms with Crippen LogP contribution in [0.25, 0.3) is 0 Å². The second-order valence-electron chi connectivity index (χ2n) is 3.35. The summed E-state index contributed by atoms with van der Waals surface area (Å²) in [7, 11) is -2.00. The highest BCUT2D eigenvalue weighted by molar-refractivity contribution is 7.92. The third-order valence-electron chi connectivity index (χ3n) is 1.91. The summed E-state index contributed by atoms with van der Waals surface area (Å²) in [6.45, 7) is 0.374. The number of aromatic nitrogens is 1. The molecule has 0 spiro atoms. The normalized spacial score (nSPS) is 10.6. The van der Waals surface area contributed by atoms with Crippen LogP contribution in [0.3, 0.4) is 0 Å². The third kappa shape index (κ3) is 5.14. The molecule has 0 radical (unpaired) electrons. The first-order valence-corrected chi connectivity index (χ1v) is 6.87. The topological polar surface area (TPSA) is 94.3 Å². The van der Waals surface area contributed by atoms with Crippen LogP contribution in [0, 0.1) is 11.8 Å². The lowest BCUT2D eigenvalue weighted by atomic mass is 10.2. The summed E-state index contributed by atoms with van der Waals surface area (Å²) >= 11 is 0. The average Bonchev–Trinajstić information content (AvgIpc) is 2.34. The Morgan fingerprint density at radius 3 is 3.00 bits per heavy atom. The van der Waals surface area contributed by atoms with E-state index in [9.17, 15) is 8.42 Å². The minimum absolute atomic E-state index is 0.121. The summed E-state index contributed by atoms with van der Waals surface area (Å²) in [5.74, 6) is 5.59. The predicted molar refractivity (Wildman–Crippen MR) is 69.5 cm³/mol. The summed E-state index contributed by atoms with van der Waals surface area (Å²) < 4.78 is 30.3. The maximum atomic E-state index is 11.6. The molecule has 1 aromatic heterocycles. The summed E-state index contributed by atoms with van der Waals surface area (Å²) in [6, 6.07) is 3.22. The van der Waals surface area contributed by atoms with E-state index in [1.54, 1.807) is 12.1 Å². The molecule has 0 atom stereocenters. The number of rotatable bonds is 5. The molecule has 0 fully saturated rings. The fourth-order valence-electron chi connectivity index (χ4n) is 1.12. The molecule has 0 saturated heterocycles. The fourth-order valence-corrected chi connectivity index (χ4v) is 2.04. The Hall–Kier alpha value is -1.62. The summed E-state index contributed by atoms with van der Waals surface area (Å²) in [5.41, 5.74) is 5.91. The fraction of sp³-hybridized carbons (Fsp3) is 0.364. The standard InChI is InChI=1S/C11H15N3O3S/c1-17-7-8-18(15,16)14-11-9-10(3-2-5-12)4-6-13-11/h4,6,9H,5,7-8,12H2,1H3,(H,13,14). The maximum absolute atomic E-state index is 11.6. The molecule has 0 unspecified atom stereocenters. The van der Waals surface area contributed by atoms with Gasteiger partial charge in [-0.1, -0.05) is 11.8 Å². The van der Waals surface area contributed by atoms with Gasteiger partial charge in [0.15, 0.2) is 0 Å². The Balaban J connectivity index is 2.79. The quantitative estimate of drug-likeness (QED) is 0.721. The highest BCUT2D eigenvalue weighted by Gasteiger charge is 2.10. The van der Waals surface area contributed by atoms with Crippen LogP contribution in [0.1, 0.15) is 5.56 Å². The summed E-state index contributed by atoms with van der Waals surface area (Å²) in [6.07, 6.45) is 1.48. The van der Waals surface area contributed by atoms with E-state index in [1.165, 1.54) is 13.3 Å². The Labute approximate surface area is 107 Å². The van der Waals surface area contributed by atoms with E-state index in [4.69, 9.17) is 10.5 Å². The molecule has 0 aromatic carbocycles. The van der Waals surface area contributed by atoms with Gasteiger partial charge in [-0.2, -0.15) is 0 Å². The number of anilines is 1. The van der Waals surface area contributed by atoms with Gasteiger partial charge in [-0.3, -0.25) is 4.72 Å². The van der Waals surface area contributed by atoms with Crippen molar-refractivity contribution >= 4 is 15.8 Å². The smallest absolute Gasteiger partial charge is 0.236 e. The summed E-state index contributed by atoms with van der Waals surface area (Å²) in [4.78, 5) is 3.91. The molecule has 1 rings (SSSR count). The monoisotopic (exact) mass is 269 g/mol. The molecular weight excluding hydrogens is 254 g/mol. The minimum atomic E-state index is -3.44. The number of nitrogens with two attached hydrogens (primary N) is 1. The van der Waals surface area contributed by atoms with E-state index in [0.29, 0.717) is 5.56 Å². The van der Waals surface area contributed by atoms with Crippen LogP contribution in [-0.2, 0) is 14.8 Å². The van der Waals surface area contributed by atoms with Crippen LogP contribution in [0.4, 0.5) is 5.82 Å². The first kappa shape index (κ1) is 14.4. The van der Waals surface area contributed by atoms with Crippen molar-refractivity contribution < 1.29 is 13.2 Å². The van der Waals surface area contributed by atoms with Gasteiger partial charge in [-0.25, -0.2) is 13.4 Å². The number of sulfonamides is 1. The van der Waals surface area contributed by atoms with Gasteiger partial charge < -0.3 is 10.5 Å². The molecule has 3 N–H and O–H groups in total.